The first-order chi connectivity index (χ1) is 10.6. The normalized spacial score (nSPS) is 10.5. The quantitative estimate of drug-likeness (QED) is 0.630. The van der Waals surface area contributed by atoms with Crippen molar-refractivity contribution in [2.24, 2.45) is 0 Å². The van der Waals surface area contributed by atoms with E-state index in [1.807, 2.05) is 30.3 Å². The van der Waals surface area contributed by atoms with Gasteiger partial charge >= 0.3 is 5.97 Å². The van der Waals surface area contributed by atoms with E-state index in [0.717, 1.165) is 18.6 Å². The lowest BCUT2D eigenvalue weighted by atomic mass is 10.1. The Labute approximate surface area is 128 Å². The molecule has 0 spiro atoms. The zero-order valence-corrected chi connectivity index (χ0v) is 11.9. The third-order valence-electron chi connectivity index (χ3n) is 3.00. The molecular formula is C18H16O4. The number of carboxylic acid groups (broad SMARTS) is 1. The number of carbonyl (C=O) groups excluding carboxylic acids is 1. The first-order valence-corrected chi connectivity index (χ1v) is 6.87. The SMILES string of the molecule is O=C(O)C=CC(=O)c1cccc(OCCc2ccccc2)c1. The molecule has 0 saturated carbocycles. The van der Waals surface area contributed by atoms with Gasteiger partial charge < -0.3 is 9.84 Å². The highest BCUT2D eigenvalue weighted by Crippen LogP contribution is 2.14. The monoisotopic (exact) mass is 296 g/mol. The van der Waals surface area contributed by atoms with Crippen molar-refractivity contribution in [2.75, 3.05) is 6.61 Å². The average molecular weight is 296 g/mol. The third-order valence-corrected chi connectivity index (χ3v) is 3.00. The van der Waals surface area contributed by atoms with Crippen molar-refractivity contribution in [1.29, 1.82) is 0 Å². The van der Waals surface area contributed by atoms with Gasteiger partial charge in [0.2, 0.25) is 0 Å². The van der Waals surface area contributed by atoms with Gasteiger partial charge in [-0.15, -0.1) is 0 Å². The largest absolute Gasteiger partial charge is 0.493 e. The number of ketones is 1. The second-order valence-corrected chi connectivity index (χ2v) is 4.65. The van der Waals surface area contributed by atoms with Crippen LogP contribution in [0.5, 0.6) is 5.75 Å². The number of carboxylic acids is 1. The summed E-state index contributed by atoms with van der Waals surface area (Å²) in [7, 11) is 0. The van der Waals surface area contributed by atoms with Crippen molar-refractivity contribution in [1.82, 2.24) is 0 Å². The summed E-state index contributed by atoms with van der Waals surface area (Å²) >= 11 is 0. The van der Waals surface area contributed by atoms with Crippen LogP contribution in [0.4, 0.5) is 0 Å². The van der Waals surface area contributed by atoms with Gasteiger partial charge in [-0.1, -0.05) is 42.5 Å². The Morgan fingerprint density at radius 2 is 1.77 bits per heavy atom. The molecule has 0 amide bonds. The smallest absolute Gasteiger partial charge is 0.328 e. The summed E-state index contributed by atoms with van der Waals surface area (Å²) < 4.78 is 5.63. The van der Waals surface area contributed by atoms with E-state index in [4.69, 9.17) is 9.84 Å². The van der Waals surface area contributed by atoms with Gasteiger partial charge in [-0.3, -0.25) is 4.79 Å². The fraction of sp³-hybridized carbons (Fsp3) is 0.111. The lowest BCUT2D eigenvalue weighted by Crippen LogP contribution is -2.02. The minimum Gasteiger partial charge on any atom is -0.493 e. The fourth-order valence-electron chi connectivity index (χ4n) is 1.91. The number of ether oxygens (including phenoxy) is 1. The Kier molecular flexibility index (Phi) is 5.49. The molecule has 0 saturated heterocycles. The molecule has 0 aliphatic heterocycles. The highest BCUT2D eigenvalue weighted by atomic mass is 16.5. The summed E-state index contributed by atoms with van der Waals surface area (Å²) in [5, 5.41) is 8.52. The van der Waals surface area contributed by atoms with Crippen molar-refractivity contribution in [3.63, 3.8) is 0 Å². The van der Waals surface area contributed by atoms with Crippen molar-refractivity contribution in [3.8, 4) is 5.75 Å². The van der Waals surface area contributed by atoms with E-state index < -0.39 is 5.97 Å². The second-order valence-electron chi connectivity index (χ2n) is 4.65. The molecule has 2 aromatic rings. The number of aliphatic carboxylic acids is 1. The van der Waals surface area contributed by atoms with Gasteiger partial charge in [-0.05, 0) is 23.8 Å². The number of rotatable bonds is 7. The van der Waals surface area contributed by atoms with Gasteiger partial charge in [-0.2, -0.15) is 0 Å². The van der Waals surface area contributed by atoms with E-state index in [1.54, 1.807) is 24.3 Å². The highest BCUT2D eigenvalue weighted by Gasteiger charge is 2.04. The molecule has 1 N–H and O–H groups in total. The van der Waals surface area contributed by atoms with E-state index in [0.29, 0.717) is 17.9 Å². The molecule has 4 nitrogen and oxygen atoms in total. The van der Waals surface area contributed by atoms with Crippen LogP contribution in [0.15, 0.2) is 66.7 Å². The van der Waals surface area contributed by atoms with Crippen LogP contribution < -0.4 is 4.74 Å². The van der Waals surface area contributed by atoms with E-state index >= 15 is 0 Å². The van der Waals surface area contributed by atoms with Crippen LogP contribution in [0.25, 0.3) is 0 Å². The van der Waals surface area contributed by atoms with E-state index in [1.165, 1.54) is 5.56 Å². The third kappa shape index (κ3) is 4.90. The molecule has 4 heteroatoms. The number of allylic oxidation sites excluding steroid dienone is 1. The van der Waals surface area contributed by atoms with Gasteiger partial charge in [0.05, 0.1) is 6.61 Å². The topological polar surface area (TPSA) is 63.6 Å². The molecule has 0 unspecified atom stereocenters. The summed E-state index contributed by atoms with van der Waals surface area (Å²) in [6.07, 6.45) is 2.63. The second kappa shape index (κ2) is 7.78. The summed E-state index contributed by atoms with van der Waals surface area (Å²) in [5.74, 6) is -0.926. The van der Waals surface area contributed by atoms with Crippen LogP contribution in [0, 0.1) is 0 Å². The molecule has 0 heterocycles. The molecule has 0 fully saturated rings. The molecule has 0 atom stereocenters. The summed E-state index contributed by atoms with van der Waals surface area (Å²) in [5.41, 5.74) is 1.58. The Balaban J connectivity index is 1.94. The fourth-order valence-corrected chi connectivity index (χ4v) is 1.91. The number of benzene rings is 2. The molecule has 0 aliphatic rings. The van der Waals surface area contributed by atoms with Crippen molar-refractivity contribution in [3.05, 3.63) is 77.9 Å². The van der Waals surface area contributed by atoms with Crippen LogP contribution in [0.2, 0.25) is 0 Å². The van der Waals surface area contributed by atoms with Crippen LogP contribution in [-0.4, -0.2) is 23.5 Å². The molecule has 0 aliphatic carbocycles. The van der Waals surface area contributed by atoms with Crippen LogP contribution >= 0.6 is 0 Å². The summed E-state index contributed by atoms with van der Waals surface area (Å²) in [4.78, 5) is 22.2. The van der Waals surface area contributed by atoms with Gasteiger partial charge in [0.15, 0.2) is 5.78 Å². The van der Waals surface area contributed by atoms with Gasteiger partial charge in [0.1, 0.15) is 5.75 Å². The Bertz CT molecular complexity index is 674. The maximum atomic E-state index is 11.8. The zero-order valence-electron chi connectivity index (χ0n) is 11.9. The summed E-state index contributed by atoms with van der Waals surface area (Å²) in [6.45, 7) is 0.507. The first kappa shape index (κ1) is 15.5. The number of hydrogen-bond donors (Lipinski definition) is 1. The number of hydrogen-bond acceptors (Lipinski definition) is 3. The van der Waals surface area contributed by atoms with Crippen LogP contribution in [0.1, 0.15) is 15.9 Å². The van der Waals surface area contributed by atoms with E-state index in [9.17, 15) is 9.59 Å². The van der Waals surface area contributed by atoms with Crippen LogP contribution in [-0.2, 0) is 11.2 Å². The number of carbonyl (C=O) groups is 2. The molecule has 0 radical (unpaired) electrons. The van der Waals surface area contributed by atoms with Crippen LogP contribution in [0.3, 0.4) is 0 Å². The molecule has 2 aromatic carbocycles. The molecule has 2 rings (SSSR count). The minimum atomic E-state index is -1.15. The van der Waals surface area contributed by atoms with Crippen molar-refractivity contribution >= 4 is 11.8 Å². The van der Waals surface area contributed by atoms with E-state index in [2.05, 4.69) is 0 Å². The lowest BCUT2D eigenvalue weighted by Gasteiger charge is -2.07. The molecular weight excluding hydrogens is 280 g/mol. The zero-order chi connectivity index (χ0) is 15.8. The lowest BCUT2D eigenvalue weighted by molar-refractivity contribution is -0.131. The van der Waals surface area contributed by atoms with Crippen molar-refractivity contribution < 1.29 is 19.4 Å². The Morgan fingerprint density at radius 3 is 2.50 bits per heavy atom. The van der Waals surface area contributed by atoms with E-state index in [-0.39, 0.29) is 5.78 Å². The first-order valence-electron chi connectivity index (χ1n) is 6.87. The Hall–Kier alpha value is -2.88. The molecule has 0 aromatic heterocycles. The molecule has 112 valence electrons. The predicted molar refractivity (Wildman–Crippen MR) is 83.2 cm³/mol. The predicted octanol–water partition coefficient (Wildman–Crippen LogP) is 3.13. The Morgan fingerprint density at radius 1 is 1.00 bits per heavy atom. The van der Waals surface area contributed by atoms with Gasteiger partial charge in [0.25, 0.3) is 0 Å². The molecule has 0 bridgehead atoms. The van der Waals surface area contributed by atoms with Crippen molar-refractivity contribution in [2.45, 2.75) is 6.42 Å². The standard InChI is InChI=1S/C18H16O4/c19-17(9-10-18(20)21)15-7-4-8-16(13-15)22-12-11-14-5-2-1-3-6-14/h1-10,13H,11-12H2,(H,20,21). The maximum absolute atomic E-state index is 11.8. The highest BCUT2D eigenvalue weighted by molar-refractivity contribution is 6.07. The minimum absolute atomic E-state index is 0.365. The van der Waals surface area contributed by atoms with Gasteiger partial charge in [-0.25, -0.2) is 4.79 Å². The maximum Gasteiger partial charge on any atom is 0.328 e. The summed E-state index contributed by atoms with van der Waals surface area (Å²) in [6, 6.07) is 16.7. The molecule has 22 heavy (non-hydrogen) atoms. The van der Waals surface area contributed by atoms with Gasteiger partial charge in [0, 0.05) is 18.1 Å². The average Bonchev–Trinajstić information content (AvgIpc) is 2.54.